The molecule has 1 aromatic heterocycles. The summed E-state index contributed by atoms with van der Waals surface area (Å²) in [5.41, 5.74) is -1.62. The lowest BCUT2D eigenvalue weighted by Crippen LogP contribution is -2.41. The van der Waals surface area contributed by atoms with Gasteiger partial charge in [0.25, 0.3) is 0 Å². The molecule has 1 aliphatic heterocycles. The first-order valence-corrected chi connectivity index (χ1v) is 8.07. The van der Waals surface area contributed by atoms with Crippen molar-refractivity contribution in [3.8, 4) is 5.69 Å². The normalized spacial score (nSPS) is 19.5. The summed E-state index contributed by atoms with van der Waals surface area (Å²) in [6.45, 7) is 7.33. The molecule has 0 bridgehead atoms. The number of hydrogen-bond acceptors (Lipinski definition) is 4. The molecule has 2 aromatic rings. The van der Waals surface area contributed by atoms with Gasteiger partial charge in [-0.1, -0.05) is 16.8 Å². The average Bonchev–Trinajstić information content (AvgIpc) is 3.04. The van der Waals surface area contributed by atoms with Crippen LogP contribution in [0.15, 0.2) is 30.1 Å². The Morgan fingerprint density at radius 2 is 1.88 bits per heavy atom. The lowest BCUT2D eigenvalue weighted by atomic mass is 9.87. The van der Waals surface area contributed by atoms with Crippen LogP contribution in [-0.4, -0.2) is 33.3 Å². The SMILES string of the molecule is CC1(C)OB(C(F)=Cc2cn(-c3cc(Cl)ccc3F)nn2)OC1(C)C. The molecule has 3 rings (SSSR count). The third-order valence-electron chi connectivity index (χ3n) is 4.43. The third-order valence-corrected chi connectivity index (χ3v) is 4.67. The Hall–Kier alpha value is -1.77. The van der Waals surface area contributed by atoms with Crippen molar-refractivity contribution in [3.63, 3.8) is 0 Å². The molecule has 0 N–H and O–H groups in total. The summed E-state index contributed by atoms with van der Waals surface area (Å²) in [7, 11) is -1.13. The molecule has 1 aromatic carbocycles. The van der Waals surface area contributed by atoms with Gasteiger partial charge in [-0.25, -0.2) is 13.5 Å². The van der Waals surface area contributed by atoms with Gasteiger partial charge in [-0.05, 0) is 52.0 Å². The summed E-state index contributed by atoms with van der Waals surface area (Å²) >= 11 is 5.86. The van der Waals surface area contributed by atoms with E-state index in [2.05, 4.69) is 10.3 Å². The Labute approximate surface area is 149 Å². The van der Waals surface area contributed by atoms with E-state index in [4.69, 9.17) is 20.9 Å². The van der Waals surface area contributed by atoms with Crippen molar-refractivity contribution < 1.29 is 18.1 Å². The summed E-state index contributed by atoms with van der Waals surface area (Å²) in [5.74, 6) is -0.517. The third kappa shape index (κ3) is 3.47. The Balaban J connectivity index is 1.84. The molecule has 5 nitrogen and oxygen atoms in total. The van der Waals surface area contributed by atoms with E-state index in [1.807, 2.05) is 27.7 Å². The molecule has 0 amide bonds. The molecule has 1 fully saturated rings. The first kappa shape index (κ1) is 18.0. The molecule has 9 heteroatoms. The van der Waals surface area contributed by atoms with Gasteiger partial charge in [-0.2, -0.15) is 0 Å². The molecule has 1 saturated heterocycles. The first-order chi connectivity index (χ1) is 11.6. The molecule has 25 heavy (non-hydrogen) atoms. The van der Waals surface area contributed by atoms with Gasteiger partial charge < -0.3 is 9.31 Å². The number of hydrogen-bond donors (Lipinski definition) is 0. The number of rotatable bonds is 3. The van der Waals surface area contributed by atoms with Gasteiger partial charge >= 0.3 is 7.12 Å². The summed E-state index contributed by atoms with van der Waals surface area (Å²) < 4.78 is 40.8. The quantitative estimate of drug-likeness (QED) is 0.769. The van der Waals surface area contributed by atoms with Crippen molar-refractivity contribution in [3.05, 3.63) is 46.7 Å². The monoisotopic (exact) mass is 367 g/mol. The molecule has 0 radical (unpaired) electrons. The van der Waals surface area contributed by atoms with Crippen LogP contribution in [0, 0.1) is 5.82 Å². The maximum Gasteiger partial charge on any atom is 0.525 e. The molecule has 0 atom stereocenters. The van der Waals surface area contributed by atoms with Crippen molar-refractivity contribution in [2.45, 2.75) is 38.9 Å². The smallest absolute Gasteiger partial charge is 0.398 e. The van der Waals surface area contributed by atoms with Gasteiger partial charge in [0.1, 0.15) is 22.9 Å². The predicted molar refractivity (Wildman–Crippen MR) is 91.5 cm³/mol. The van der Waals surface area contributed by atoms with E-state index in [0.29, 0.717) is 5.02 Å². The standard InChI is InChI=1S/C16H17BClF2N3O2/c1-15(2)16(3,4)25-17(24-15)14(20)8-11-9-23(22-21-11)13-7-10(18)5-6-12(13)19/h5-9H,1-4H3. The summed E-state index contributed by atoms with van der Waals surface area (Å²) in [5, 5.41) is 7.98. The van der Waals surface area contributed by atoms with Crippen LogP contribution in [0.4, 0.5) is 8.78 Å². The second-order valence-electron chi connectivity index (χ2n) is 6.80. The van der Waals surface area contributed by atoms with Gasteiger partial charge in [-0.15, -0.1) is 5.10 Å². The molecular weight excluding hydrogens is 350 g/mol. The van der Waals surface area contributed by atoms with Crippen molar-refractivity contribution >= 4 is 24.8 Å². The van der Waals surface area contributed by atoms with Crippen molar-refractivity contribution in [2.24, 2.45) is 0 Å². The summed E-state index contributed by atoms with van der Waals surface area (Å²) in [6.07, 6.45) is 2.54. The lowest BCUT2D eigenvalue weighted by molar-refractivity contribution is 0.00578. The number of halogens is 3. The van der Waals surface area contributed by atoms with Crippen LogP contribution in [0.2, 0.25) is 5.02 Å². The summed E-state index contributed by atoms with van der Waals surface area (Å²) in [4.78, 5) is 0. The minimum absolute atomic E-state index is 0.121. The van der Waals surface area contributed by atoms with E-state index < -0.39 is 29.9 Å². The largest absolute Gasteiger partial charge is 0.525 e. The van der Waals surface area contributed by atoms with E-state index in [9.17, 15) is 8.78 Å². The van der Waals surface area contributed by atoms with Crippen LogP contribution in [0.5, 0.6) is 0 Å². The summed E-state index contributed by atoms with van der Waals surface area (Å²) in [6, 6.07) is 4.06. The Kier molecular flexibility index (Phi) is 4.47. The molecule has 0 aliphatic carbocycles. The first-order valence-electron chi connectivity index (χ1n) is 7.69. The van der Waals surface area contributed by atoms with Crippen LogP contribution in [0.3, 0.4) is 0 Å². The highest BCUT2D eigenvalue weighted by molar-refractivity contribution is 6.54. The minimum Gasteiger partial charge on any atom is -0.398 e. The van der Waals surface area contributed by atoms with Gasteiger partial charge in [0.15, 0.2) is 0 Å². The Bertz CT molecular complexity index is 823. The number of benzene rings is 1. The number of nitrogens with zero attached hydrogens (tertiary/aromatic N) is 3. The molecule has 1 aliphatic rings. The van der Waals surface area contributed by atoms with E-state index in [1.54, 1.807) is 0 Å². The van der Waals surface area contributed by atoms with E-state index in [1.165, 1.54) is 29.1 Å². The van der Waals surface area contributed by atoms with Crippen LogP contribution in [0.25, 0.3) is 11.8 Å². The maximum atomic E-state index is 14.5. The highest BCUT2D eigenvalue weighted by Gasteiger charge is 2.53. The number of aromatic nitrogens is 3. The molecule has 132 valence electrons. The van der Waals surface area contributed by atoms with E-state index in [0.717, 1.165) is 6.08 Å². The van der Waals surface area contributed by atoms with Crippen molar-refractivity contribution in [1.29, 1.82) is 0 Å². The fourth-order valence-corrected chi connectivity index (χ4v) is 2.45. The van der Waals surface area contributed by atoms with Crippen LogP contribution >= 0.6 is 11.6 Å². The zero-order valence-corrected chi connectivity index (χ0v) is 15.0. The molecular formula is C16H17BClF2N3O2. The van der Waals surface area contributed by atoms with Crippen LogP contribution < -0.4 is 0 Å². The average molecular weight is 368 g/mol. The molecule has 0 spiro atoms. The fourth-order valence-electron chi connectivity index (χ4n) is 2.29. The zero-order valence-electron chi connectivity index (χ0n) is 14.3. The highest BCUT2D eigenvalue weighted by atomic mass is 35.5. The van der Waals surface area contributed by atoms with E-state index in [-0.39, 0.29) is 11.4 Å². The predicted octanol–water partition coefficient (Wildman–Crippen LogP) is 4.00. The Morgan fingerprint density at radius 3 is 2.52 bits per heavy atom. The van der Waals surface area contributed by atoms with Gasteiger partial charge in [0.2, 0.25) is 0 Å². The van der Waals surface area contributed by atoms with Gasteiger partial charge in [-0.3, -0.25) is 0 Å². The topological polar surface area (TPSA) is 49.2 Å². The zero-order chi connectivity index (χ0) is 18.4. The molecule has 2 heterocycles. The van der Waals surface area contributed by atoms with E-state index >= 15 is 0 Å². The van der Waals surface area contributed by atoms with Crippen LogP contribution in [-0.2, 0) is 9.31 Å². The molecule has 0 saturated carbocycles. The van der Waals surface area contributed by atoms with Crippen LogP contribution in [0.1, 0.15) is 33.4 Å². The lowest BCUT2D eigenvalue weighted by Gasteiger charge is -2.32. The highest BCUT2D eigenvalue weighted by Crippen LogP contribution is 2.39. The maximum absolute atomic E-state index is 14.5. The molecule has 0 unspecified atom stereocenters. The fraction of sp³-hybridized carbons (Fsp3) is 0.375. The second-order valence-corrected chi connectivity index (χ2v) is 7.24. The van der Waals surface area contributed by atoms with Gasteiger partial charge in [0.05, 0.1) is 17.4 Å². The van der Waals surface area contributed by atoms with Crippen molar-refractivity contribution in [1.82, 2.24) is 15.0 Å². The van der Waals surface area contributed by atoms with Crippen molar-refractivity contribution in [2.75, 3.05) is 0 Å². The Morgan fingerprint density at radius 1 is 1.24 bits per heavy atom. The second kappa shape index (κ2) is 6.19. The van der Waals surface area contributed by atoms with Gasteiger partial charge in [0, 0.05) is 5.02 Å². The minimum atomic E-state index is -1.13.